The van der Waals surface area contributed by atoms with Gasteiger partial charge < -0.3 is 9.80 Å². The molecule has 1 fully saturated rings. The minimum atomic E-state index is -3.60. The Bertz CT molecular complexity index is 1220. The Balaban J connectivity index is 0.00000231. The van der Waals surface area contributed by atoms with Crippen LogP contribution >= 0.6 is 35.3 Å². The van der Waals surface area contributed by atoms with E-state index in [1.54, 1.807) is 40.4 Å². The number of halogens is 2. The van der Waals surface area contributed by atoms with E-state index >= 15 is 0 Å². The largest absolute Gasteiger partial charge is 0.322 e. The van der Waals surface area contributed by atoms with Crippen molar-refractivity contribution >= 4 is 61.5 Å². The molecule has 3 aromatic rings. The minimum Gasteiger partial charge on any atom is -0.322 e. The number of carbonyl (C=O) groups excluding carboxylic acids is 1. The van der Waals surface area contributed by atoms with Crippen molar-refractivity contribution in [2.45, 2.75) is 17.3 Å². The fourth-order valence-electron chi connectivity index (χ4n) is 3.91. The molecule has 2 aliphatic heterocycles. The maximum absolute atomic E-state index is 13.1. The first-order valence-electron chi connectivity index (χ1n) is 9.57. The van der Waals surface area contributed by atoms with Crippen LogP contribution in [0.25, 0.3) is 10.1 Å². The van der Waals surface area contributed by atoms with Crippen LogP contribution in [0.1, 0.15) is 11.1 Å². The Kier molecular flexibility index (Phi) is 6.15. The average molecular weight is 499 g/mol. The molecule has 0 bridgehead atoms. The zero-order valence-corrected chi connectivity index (χ0v) is 19.6. The molecule has 0 aliphatic carbocycles. The monoisotopic (exact) mass is 498 g/mol. The lowest BCUT2D eigenvalue weighted by Gasteiger charge is -2.35. The highest BCUT2D eigenvalue weighted by Crippen LogP contribution is 2.33. The smallest absolute Gasteiger partial charge is 0.320 e. The third kappa shape index (κ3) is 4.12. The van der Waals surface area contributed by atoms with Crippen molar-refractivity contribution in [3.8, 4) is 0 Å². The molecule has 7 nitrogen and oxygen atoms in total. The lowest BCUT2D eigenvalue weighted by molar-refractivity contribution is 0.134. The molecule has 0 unspecified atom stereocenters. The number of hydrogen-bond donors (Lipinski definition) is 0. The maximum atomic E-state index is 13.1. The van der Waals surface area contributed by atoms with Crippen molar-refractivity contribution in [1.82, 2.24) is 19.1 Å². The summed E-state index contributed by atoms with van der Waals surface area (Å²) in [6, 6.07) is 8.93. The van der Waals surface area contributed by atoms with Gasteiger partial charge >= 0.3 is 6.03 Å². The van der Waals surface area contributed by atoms with Gasteiger partial charge in [0.1, 0.15) is 4.21 Å². The summed E-state index contributed by atoms with van der Waals surface area (Å²) in [5.74, 6) is 0. The van der Waals surface area contributed by atoms with Crippen LogP contribution in [0.15, 0.2) is 46.9 Å². The Morgan fingerprint density at radius 1 is 1.00 bits per heavy atom. The van der Waals surface area contributed by atoms with E-state index in [1.807, 2.05) is 12.1 Å². The molecule has 1 aromatic carbocycles. The van der Waals surface area contributed by atoms with Gasteiger partial charge in [-0.25, -0.2) is 13.2 Å². The SMILES string of the molecule is Cl.O=C(N1CCN(S(=O)(=O)c2cc3ccc(Cl)cc3s2)CC1)N1Cc2ccncc2C1. The molecular weight excluding hydrogens is 479 g/mol. The molecule has 0 atom stereocenters. The van der Waals surface area contributed by atoms with E-state index in [1.165, 1.54) is 15.6 Å². The number of benzene rings is 1. The number of nitrogens with zero attached hydrogens (tertiary/aromatic N) is 4. The molecule has 11 heteroatoms. The first-order chi connectivity index (χ1) is 14.4. The number of hydrogen-bond acceptors (Lipinski definition) is 5. The number of urea groups is 1. The number of aromatic nitrogens is 1. The van der Waals surface area contributed by atoms with Gasteiger partial charge in [-0.05, 0) is 40.8 Å². The van der Waals surface area contributed by atoms with Crippen molar-refractivity contribution in [3.63, 3.8) is 0 Å². The number of carbonyl (C=O) groups is 1. The predicted octanol–water partition coefficient (Wildman–Crippen LogP) is 3.81. The third-order valence-corrected chi connectivity index (χ3v) is 9.24. The first kappa shape index (κ1) is 22.3. The maximum Gasteiger partial charge on any atom is 0.320 e. The summed E-state index contributed by atoms with van der Waals surface area (Å²) in [5.41, 5.74) is 2.18. The van der Waals surface area contributed by atoms with Crippen LogP contribution in [-0.2, 0) is 23.1 Å². The Hall–Kier alpha value is -1.91. The number of thiophene rings is 1. The summed E-state index contributed by atoms with van der Waals surface area (Å²) in [7, 11) is -3.60. The van der Waals surface area contributed by atoms with Crippen LogP contribution in [0.3, 0.4) is 0 Å². The molecule has 2 aromatic heterocycles. The lowest BCUT2D eigenvalue weighted by Crippen LogP contribution is -2.53. The summed E-state index contributed by atoms with van der Waals surface area (Å²) in [4.78, 5) is 20.5. The van der Waals surface area contributed by atoms with Gasteiger partial charge in [-0.2, -0.15) is 4.31 Å². The Morgan fingerprint density at radius 3 is 2.48 bits per heavy atom. The summed E-state index contributed by atoms with van der Waals surface area (Å²) in [6.07, 6.45) is 3.53. The number of piperazine rings is 1. The molecule has 0 radical (unpaired) electrons. The van der Waals surface area contributed by atoms with Crippen LogP contribution < -0.4 is 0 Å². The first-order valence-corrected chi connectivity index (χ1v) is 12.2. The molecule has 31 heavy (non-hydrogen) atoms. The van der Waals surface area contributed by atoms with Crippen molar-refractivity contribution in [1.29, 1.82) is 0 Å². The van der Waals surface area contributed by atoms with E-state index in [4.69, 9.17) is 11.6 Å². The molecule has 5 rings (SSSR count). The van der Waals surface area contributed by atoms with E-state index in [0.29, 0.717) is 35.4 Å². The standard InChI is InChI=1S/C20H19ClN4O3S2.ClH/c21-17-2-1-14-9-19(29-18(14)10-17)30(27,28)25-7-5-23(6-8-25)20(26)24-12-15-3-4-22-11-16(15)13-24;/h1-4,9-11H,5-8,12-13H2;1H. The normalized spacial score (nSPS) is 16.9. The number of fused-ring (bicyclic) bond motifs is 2. The summed E-state index contributed by atoms with van der Waals surface area (Å²) >= 11 is 7.25. The molecule has 2 amide bonds. The molecule has 2 aliphatic rings. The van der Waals surface area contributed by atoms with Gasteiger partial charge in [0.2, 0.25) is 0 Å². The average Bonchev–Trinajstić information content (AvgIpc) is 3.37. The van der Waals surface area contributed by atoms with Crippen molar-refractivity contribution < 1.29 is 13.2 Å². The van der Waals surface area contributed by atoms with Gasteiger partial charge in [0.25, 0.3) is 10.0 Å². The number of pyridine rings is 1. The van der Waals surface area contributed by atoms with Crippen LogP contribution in [0.5, 0.6) is 0 Å². The van der Waals surface area contributed by atoms with Gasteiger partial charge in [0, 0.05) is 61.4 Å². The van der Waals surface area contributed by atoms with Gasteiger partial charge in [-0.3, -0.25) is 4.98 Å². The predicted molar refractivity (Wildman–Crippen MR) is 123 cm³/mol. The lowest BCUT2D eigenvalue weighted by atomic mass is 10.2. The summed E-state index contributed by atoms with van der Waals surface area (Å²) in [6.45, 7) is 2.43. The second-order valence-corrected chi connectivity index (χ2v) is 11.1. The van der Waals surface area contributed by atoms with Crippen LogP contribution in [0, 0.1) is 0 Å². The van der Waals surface area contributed by atoms with Crippen molar-refractivity contribution in [2.75, 3.05) is 26.2 Å². The van der Waals surface area contributed by atoms with E-state index in [2.05, 4.69) is 4.98 Å². The topological polar surface area (TPSA) is 73.8 Å². The number of rotatable bonds is 2. The quantitative estimate of drug-likeness (QED) is 0.538. The highest BCUT2D eigenvalue weighted by Gasteiger charge is 2.34. The Morgan fingerprint density at radius 2 is 1.74 bits per heavy atom. The van der Waals surface area contributed by atoms with Crippen LogP contribution in [0.2, 0.25) is 5.02 Å². The zero-order valence-electron chi connectivity index (χ0n) is 16.4. The molecule has 0 saturated carbocycles. The van der Waals surface area contributed by atoms with Gasteiger partial charge in [-0.15, -0.1) is 23.7 Å². The molecule has 0 spiro atoms. The number of amides is 2. The zero-order chi connectivity index (χ0) is 20.9. The molecule has 4 heterocycles. The number of sulfonamides is 1. The van der Waals surface area contributed by atoms with Crippen molar-refractivity contribution in [3.05, 3.63) is 58.9 Å². The highest BCUT2D eigenvalue weighted by atomic mass is 35.5. The minimum absolute atomic E-state index is 0. The Labute approximate surface area is 195 Å². The van der Waals surface area contributed by atoms with E-state index in [9.17, 15) is 13.2 Å². The van der Waals surface area contributed by atoms with Crippen LogP contribution in [-0.4, -0.2) is 59.7 Å². The fourth-order valence-corrected chi connectivity index (χ4v) is 7.16. The van der Waals surface area contributed by atoms with E-state index in [0.717, 1.165) is 21.2 Å². The molecule has 1 saturated heterocycles. The van der Waals surface area contributed by atoms with Crippen molar-refractivity contribution in [2.24, 2.45) is 0 Å². The van der Waals surface area contributed by atoms with Gasteiger partial charge in [0.15, 0.2) is 0 Å². The van der Waals surface area contributed by atoms with Gasteiger partial charge in [0.05, 0.1) is 0 Å². The molecular formula is C20H20Cl2N4O3S2. The fraction of sp³-hybridized carbons (Fsp3) is 0.300. The van der Waals surface area contributed by atoms with E-state index in [-0.39, 0.29) is 31.5 Å². The van der Waals surface area contributed by atoms with E-state index < -0.39 is 10.0 Å². The second kappa shape index (κ2) is 8.55. The third-order valence-electron chi connectivity index (χ3n) is 5.56. The van der Waals surface area contributed by atoms with Crippen LogP contribution in [0.4, 0.5) is 4.79 Å². The molecule has 164 valence electrons. The summed E-state index contributed by atoms with van der Waals surface area (Å²) in [5, 5.41) is 1.44. The van der Waals surface area contributed by atoms with Gasteiger partial charge in [-0.1, -0.05) is 17.7 Å². The second-order valence-electron chi connectivity index (χ2n) is 7.42. The highest BCUT2D eigenvalue weighted by molar-refractivity contribution is 7.91. The molecule has 0 N–H and O–H groups in total. The summed E-state index contributed by atoms with van der Waals surface area (Å²) < 4.78 is 28.8.